The van der Waals surface area contributed by atoms with E-state index in [4.69, 9.17) is 16.3 Å². The number of benzene rings is 2. The molecule has 0 spiro atoms. The lowest BCUT2D eigenvalue weighted by Crippen LogP contribution is -2.20. The normalized spacial score (nSPS) is 11.6. The lowest BCUT2D eigenvalue weighted by molar-refractivity contribution is -0.119. The van der Waals surface area contributed by atoms with Gasteiger partial charge in [-0.2, -0.15) is 0 Å². The second kappa shape index (κ2) is 8.67. The van der Waals surface area contributed by atoms with Crippen molar-refractivity contribution in [2.24, 2.45) is 5.92 Å². The Hall–Kier alpha value is -2.60. The molecular weight excluding hydrogens is 359 g/mol. The maximum Gasteiger partial charge on any atom is 0.258 e. The zero-order chi connectivity index (χ0) is 19.3. The van der Waals surface area contributed by atoms with Crippen LogP contribution in [-0.4, -0.2) is 18.9 Å². The lowest BCUT2D eigenvalue weighted by atomic mass is 10.1. The molecule has 0 radical (unpaired) electrons. The standard InChI is InChI=1S/C19H20ClFN2O3/c1-4-11(2)18(24)22-13-6-8-17(26-3)16(10-13)23-19(25)14-7-5-12(20)9-15(14)21/h5-11H,4H2,1-3H3,(H,22,24)(H,23,25). The predicted octanol–water partition coefficient (Wildman–Crippen LogP) is 4.72. The van der Waals surface area contributed by atoms with Crippen LogP contribution in [0.25, 0.3) is 0 Å². The van der Waals surface area contributed by atoms with Gasteiger partial charge in [0.15, 0.2) is 0 Å². The van der Waals surface area contributed by atoms with Crippen LogP contribution in [0.5, 0.6) is 5.75 Å². The van der Waals surface area contributed by atoms with E-state index >= 15 is 0 Å². The Morgan fingerprint density at radius 2 is 1.92 bits per heavy atom. The van der Waals surface area contributed by atoms with Gasteiger partial charge >= 0.3 is 0 Å². The van der Waals surface area contributed by atoms with Gasteiger partial charge in [0.2, 0.25) is 5.91 Å². The van der Waals surface area contributed by atoms with Crippen molar-refractivity contribution in [3.63, 3.8) is 0 Å². The van der Waals surface area contributed by atoms with Crippen molar-refractivity contribution < 1.29 is 18.7 Å². The number of rotatable bonds is 6. The van der Waals surface area contributed by atoms with Crippen LogP contribution in [0.2, 0.25) is 5.02 Å². The Morgan fingerprint density at radius 1 is 1.19 bits per heavy atom. The van der Waals surface area contributed by atoms with Gasteiger partial charge in [-0.05, 0) is 42.8 Å². The first-order valence-electron chi connectivity index (χ1n) is 8.11. The first kappa shape index (κ1) is 19.7. The van der Waals surface area contributed by atoms with Crippen LogP contribution in [0.1, 0.15) is 30.6 Å². The molecule has 0 fully saturated rings. The van der Waals surface area contributed by atoms with E-state index in [1.807, 2.05) is 13.8 Å². The molecule has 2 rings (SSSR count). The molecule has 0 aliphatic carbocycles. The third-order valence-electron chi connectivity index (χ3n) is 3.95. The smallest absolute Gasteiger partial charge is 0.258 e. The van der Waals surface area contributed by atoms with Crippen LogP contribution in [0, 0.1) is 11.7 Å². The molecule has 7 heteroatoms. The van der Waals surface area contributed by atoms with Crippen molar-refractivity contribution in [1.82, 2.24) is 0 Å². The first-order chi connectivity index (χ1) is 12.3. The van der Waals surface area contributed by atoms with E-state index in [9.17, 15) is 14.0 Å². The minimum absolute atomic E-state index is 0.126. The summed E-state index contributed by atoms with van der Waals surface area (Å²) in [4.78, 5) is 24.4. The molecule has 0 saturated heterocycles. The van der Waals surface area contributed by atoms with Crippen molar-refractivity contribution in [3.05, 3.63) is 52.8 Å². The molecule has 26 heavy (non-hydrogen) atoms. The van der Waals surface area contributed by atoms with E-state index in [-0.39, 0.29) is 22.4 Å². The van der Waals surface area contributed by atoms with Crippen LogP contribution < -0.4 is 15.4 Å². The summed E-state index contributed by atoms with van der Waals surface area (Å²) < 4.78 is 19.1. The van der Waals surface area contributed by atoms with Crippen molar-refractivity contribution in [1.29, 1.82) is 0 Å². The monoisotopic (exact) mass is 378 g/mol. The van der Waals surface area contributed by atoms with Crippen molar-refractivity contribution in [3.8, 4) is 5.75 Å². The summed E-state index contributed by atoms with van der Waals surface area (Å²) >= 11 is 5.70. The summed E-state index contributed by atoms with van der Waals surface area (Å²) in [5.41, 5.74) is 0.669. The van der Waals surface area contributed by atoms with E-state index in [0.29, 0.717) is 23.5 Å². The van der Waals surface area contributed by atoms with Gasteiger partial charge in [0.1, 0.15) is 11.6 Å². The van der Waals surface area contributed by atoms with Gasteiger partial charge in [0.05, 0.1) is 18.4 Å². The molecule has 0 aromatic heterocycles. The third-order valence-corrected chi connectivity index (χ3v) is 4.19. The number of hydrogen-bond donors (Lipinski definition) is 2. The van der Waals surface area contributed by atoms with Crippen molar-refractivity contribution >= 4 is 34.8 Å². The number of ether oxygens (including phenoxy) is 1. The average molecular weight is 379 g/mol. The number of carbonyl (C=O) groups is 2. The molecule has 1 atom stereocenters. The van der Waals surface area contributed by atoms with E-state index in [1.165, 1.54) is 19.2 Å². The maximum atomic E-state index is 13.9. The summed E-state index contributed by atoms with van der Waals surface area (Å²) in [5.74, 6) is -1.26. The van der Waals surface area contributed by atoms with E-state index in [2.05, 4.69) is 10.6 Å². The highest BCUT2D eigenvalue weighted by atomic mass is 35.5. The van der Waals surface area contributed by atoms with Gasteiger partial charge in [-0.15, -0.1) is 0 Å². The molecule has 2 aromatic carbocycles. The maximum absolute atomic E-state index is 13.9. The number of carbonyl (C=O) groups excluding carboxylic acids is 2. The molecular formula is C19H20ClFN2O3. The molecule has 5 nitrogen and oxygen atoms in total. The first-order valence-corrected chi connectivity index (χ1v) is 8.48. The largest absolute Gasteiger partial charge is 0.495 e. The fraction of sp³-hybridized carbons (Fsp3) is 0.263. The summed E-state index contributed by atoms with van der Waals surface area (Å²) in [7, 11) is 1.45. The summed E-state index contributed by atoms with van der Waals surface area (Å²) in [6.07, 6.45) is 0.710. The second-order valence-corrected chi connectivity index (χ2v) is 6.23. The van der Waals surface area contributed by atoms with Gasteiger partial charge in [-0.3, -0.25) is 9.59 Å². The predicted molar refractivity (Wildman–Crippen MR) is 100 cm³/mol. The number of anilines is 2. The van der Waals surface area contributed by atoms with Gasteiger partial charge in [0, 0.05) is 16.6 Å². The van der Waals surface area contributed by atoms with Gasteiger partial charge in [0.25, 0.3) is 5.91 Å². The quantitative estimate of drug-likeness (QED) is 0.763. The van der Waals surface area contributed by atoms with Crippen LogP contribution in [-0.2, 0) is 4.79 Å². The highest BCUT2D eigenvalue weighted by Crippen LogP contribution is 2.29. The Balaban J connectivity index is 2.25. The fourth-order valence-corrected chi connectivity index (χ4v) is 2.36. The summed E-state index contributed by atoms with van der Waals surface area (Å²) in [5, 5.41) is 5.58. The van der Waals surface area contributed by atoms with Gasteiger partial charge in [-0.25, -0.2) is 4.39 Å². The SMILES string of the molecule is CCC(C)C(=O)Nc1ccc(OC)c(NC(=O)c2ccc(Cl)cc2F)c1. The number of halogens is 2. The average Bonchev–Trinajstić information content (AvgIpc) is 2.61. The molecule has 0 saturated carbocycles. The molecule has 2 N–H and O–H groups in total. The molecule has 0 heterocycles. The van der Waals surface area contributed by atoms with E-state index in [0.717, 1.165) is 6.07 Å². The van der Waals surface area contributed by atoms with E-state index in [1.54, 1.807) is 18.2 Å². The molecule has 1 unspecified atom stereocenters. The molecule has 0 bridgehead atoms. The molecule has 0 aliphatic rings. The third kappa shape index (κ3) is 4.73. The summed E-state index contributed by atoms with van der Waals surface area (Å²) in [6.45, 7) is 3.75. The zero-order valence-electron chi connectivity index (χ0n) is 14.7. The van der Waals surface area contributed by atoms with Gasteiger partial charge in [-0.1, -0.05) is 25.4 Å². The minimum Gasteiger partial charge on any atom is -0.495 e. The van der Waals surface area contributed by atoms with Crippen LogP contribution in [0.3, 0.4) is 0 Å². The second-order valence-electron chi connectivity index (χ2n) is 5.79. The van der Waals surface area contributed by atoms with Crippen LogP contribution >= 0.6 is 11.6 Å². The van der Waals surface area contributed by atoms with E-state index < -0.39 is 11.7 Å². The Kier molecular flexibility index (Phi) is 6.58. The molecule has 2 aromatic rings. The number of hydrogen-bond acceptors (Lipinski definition) is 3. The van der Waals surface area contributed by atoms with Crippen LogP contribution in [0.4, 0.5) is 15.8 Å². The molecule has 0 aliphatic heterocycles. The topological polar surface area (TPSA) is 67.4 Å². The highest BCUT2D eigenvalue weighted by molar-refractivity contribution is 6.30. The molecule has 138 valence electrons. The van der Waals surface area contributed by atoms with Gasteiger partial charge < -0.3 is 15.4 Å². The van der Waals surface area contributed by atoms with Crippen LogP contribution in [0.15, 0.2) is 36.4 Å². The van der Waals surface area contributed by atoms with Crippen molar-refractivity contribution in [2.75, 3.05) is 17.7 Å². The number of methoxy groups -OCH3 is 1. The zero-order valence-corrected chi connectivity index (χ0v) is 15.5. The molecule has 2 amide bonds. The number of amides is 2. The highest BCUT2D eigenvalue weighted by Gasteiger charge is 2.16. The summed E-state index contributed by atoms with van der Waals surface area (Å²) in [6, 6.07) is 8.63. The minimum atomic E-state index is -0.727. The Morgan fingerprint density at radius 3 is 2.54 bits per heavy atom. The fourth-order valence-electron chi connectivity index (χ4n) is 2.20. The lowest BCUT2D eigenvalue weighted by Gasteiger charge is -2.14. The van der Waals surface area contributed by atoms with Crippen molar-refractivity contribution in [2.45, 2.75) is 20.3 Å². The Bertz CT molecular complexity index is 826. The Labute approximate surface area is 156 Å². The number of nitrogens with one attached hydrogen (secondary N) is 2.